The van der Waals surface area contributed by atoms with E-state index in [1.54, 1.807) is 6.92 Å². The van der Waals surface area contributed by atoms with Crippen LogP contribution in [0.15, 0.2) is 10.5 Å². The second-order valence-corrected chi connectivity index (χ2v) is 4.92. The molecule has 0 aliphatic heterocycles. The number of aliphatic carboxylic acids is 1. The van der Waals surface area contributed by atoms with Gasteiger partial charge in [0.25, 0.3) is 0 Å². The second-order valence-electron chi connectivity index (χ2n) is 4.06. The number of carboxylic acid groups (broad SMARTS) is 1. The van der Waals surface area contributed by atoms with Crippen molar-refractivity contribution in [2.24, 2.45) is 0 Å². The van der Waals surface area contributed by atoms with E-state index in [-0.39, 0.29) is 18.1 Å². The van der Waals surface area contributed by atoms with Crippen LogP contribution in [0.5, 0.6) is 5.75 Å². The van der Waals surface area contributed by atoms with Gasteiger partial charge in [-0.25, -0.2) is 0 Å². The van der Waals surface area contributed by atoms with E-state index < -0.39 is 5.97 Å². The molecular weight excluding hydrogens is 272 g/mol. The van der Waals surface area contributed by atoms with Crippen molar-refractivity contribution in [2.45, 2.75) is 33.1 Å². The maximum Gasteiger partial charge on any atom is 0.303 e. The molecule has 0 saturated carbocycles. The molecule has 0 radical (unpaired) electrons. The fourth-order valence-electron chi connectivity index (χ4n) is 1.85. The number of carboxylic acids is 1. The first kappa shape index (κ1) is 13.0. The van der Waals surface area contributed by atoms with Crippen LogP contribution in [0.4, 0.5) is 0 Å². The Labute approximate surface area is 103 Å². The molecule has 0 bridgehead atoms. The van der Waals surface area contributed by atoms with E-state index in [1.807, 2.05) is 19.9 Å². The van der Waals surface area contributed by atoms with E-state index in [1.165, 1.54) is 0 Å². The third-order valence-electron chi connectivity index (χ3n) is 2.71. The Hall–Kier alpha value is -1.03. The van der Waals surface area contributed by atoms with Crippen LogP contribution in [0.2, 0.25) is 0 Å². The molecule has 0 aliphatic rings. The van der Waals surface area contributed by atoms with Gasteiger partial charge in [0, 0.05) is 10.0 Å². The number of phenolic OH excluding ortho intramolecular Hbond substituents is 1. The minimum atomic E-state index is -0.857. The summed E-state index contributed by atoms with van der Waals surface area (Å²) >= 11 is 3.41. The largest absolute Gasteiger partial charge is 0.507 e. The minimum absolute atomic E-state index is 0.0181. The quantitative estimate of drug-likeness (QED) is 0.896. The molecule has 2 N–H and O–H groups in total. The Bertz CT molecular complexity index is 401. The zero-order valence-corrected chi connectivity index (χ0v) is 11.1. The highest BCUT2D eigenvalue weighted by atomic mass is 79.9. The highest BCUT2D eigenvalue weighted by Gasteiger charge is 2.19. The summed E-state index contributed by atoms with van der Waals surface area (Å²) in [7, 11) is 0. The zero-order chi connectivity index (χ0) is 12.5. The third kappa shape index (κ3) is 2.55. The van der Waals surface area contributed by atoms with E-state index in [0.29, 0.717) is 5.56 Å². The molecule has 0 spiro atoms. The molecule has 1 atom stereocenters. The van der Waals surface area contributed by atoms with Crippen molar-refractivity contribution in [1.29, 1.82) is 0 Å². The summed E-state index contributed by atoms with van der Waals surface area (Å²) in [5.74, 6) is -0.855. The fourth-order valence-corrected chi connectivity index (χ4v) is 2.41. The van der Waals surface area contributed by atoms with Crippen LogP contribution in [0, 0.1) is 13.8 Å². The zero-order valence-electron chi connectivity index (χ0n) is 9.54. The summed E-state index contributed by atoms with van der Waals surface area (Å²) in [6, 6.07) is 1.83. The van der Waals surface area contributed by atoms with Gasteiger partial charge < -0.3 is 10.2 Å². The molecule has 4 heteroatoms. The molecule has 0 amide bonds. The number of aromatic hydroxyl groups is 1. The summed E-state index contributed by atoms with van der Waals surface area (Å²) < 4.78 is 0.898. The summed E-state index contributed by atoms with van der Waals surface area (Å²) in [5.41, 5.74) is 2.37. The Morgan fingerprint density at radius 1 is 1.50 bits per heavy atom. The monoisotopic (exact) mass is 286 g/mol. The number of hydrogen-bond acceptors (Lipinski definition) is 2. The maximum absolute atomic E-state index is 10.7. The summed E-state index contributed by atoms with van der Waals surface area (Å²) in [4.78, 5) is 10.7. The number of hydrogen-bond donors (Lipinski definition) is 2. The normalized spacial score (nSPS) is 12.5. The average Bonchev–Trinajstić information content (AvgIpc) is 2.14. The van der Waals surface area contributed by atoms with E-state index in [4.69, 9.17) is 5.11 Å². The molecule has 16 heavy (non-hydrogen) atoms. The molecule has 88 valence electrons. The second kappa shape index (κ2) is 4.87. The first-order valence-electron chi connectivity index (χ1n) is 5.05. The molecule has 3 nitrogen and oxygen atoms in total. The first-order valence-corrected chi connectivity index (χ1v) is 5.84. The van der Waals surface area contributed by atoms with Gasteiger partial charge in [-0.15, -0.1) is 0 Å². The smallest absolute Gasteiger partial charge is 0.303 e. The lowest BCUT2D eigenvalue weighted by atomic mass is 9.91. The van der Waals surface area contributed by atoms with Crippen molar-refractivity contribution in [3.8, 4) is 5.75 Å². The lowest BCUT2D eigenvalue weighted by Gasteiger charge is -2.17. The van der Waals surface area contributed by atoms with Crippen LogP contribution >= 0.6 is 15.9 Å². The van der Waals surface area contributed by atoms with Gasteiger partial charge in [0.15, 0.2) is 0 Å². The van der Waals surface area contributed by atoms with Gasteiger partial charge >= 0.3 is 5.97 Å². The SMILES string of the molecule is Cc1cc(Br)c(C)c(C(C)CC(=O)O)c1O. The lowest BCUT2D eigenvalue weighted by Crippen LogP contribution is -2.05. The van der Waals surface area contributed by atoms with Crippen molar-refractivity contribution < 1.29 is 15.0 Å². The molecule has 0 saturated heterocycles. The van der Waals surface area contributed by atoms with Crippen LogP contribution < -0.4 is 0 Å². The summed E-state index contributed by atoms with van der Waals surface area (Å²) in [6.07, 6.45) is 0.0181. The maximum atomic E-state index is 10.7. The van der Waals surface area contributed by atoms with Crippen LogP contribution in [-0.2, 0) is 4.79 Å². The number of benzene rings is 1. The third-order valence-corrected chi connectivity index (χ3v) is 3.53. The van der Waals surface area contributed by atoms with Crippen molar-refractivity contribution in [3.05, 3.63) is 27.2 Å². The average molecular weight is 287 g/mol. The highest BCUT2D eigenvalue weighted by Crippen LogP contribution is 2.37. The molecule has 1 aromatic rings. The van der Waals surface area contributed by atoms with E-state index >= 15 is 0 Å². The molecular formula is C12H15BrO3. The van der Waals surface area contributed by atoms with Gasteiger partial charge in [0.2, 0.25) is 0 Å². The van der Waals surface area contributed by atoms with Gasteiger partial charge in [0.1, 0.15) is 5.75 Å². The van der Waals surface area contributed by atoms with Gasteiger partial charge in [0.05, 0.1) is 6.42 Å². The van der Waals surface area contributed by atoms with Gasteiger partial charge in [-0.1, -0.05) is 22.9 Å². The minimum Gasteiger partial charge on any atom is -0.507 e. The molecule has 0 aliphatic carbocycles. The lowest BCUT2D eigenvalue weighted by molar-refractivity contribution is -0.137. The number of halogens is 1. The Morgan fingerprint density at radius 2 is 2.06 bits per heavy atom. The van der Waals surface area contributed by atoms with Crippen molar-refractivity contribution in [2.75, 3.05) is 0 Å². The standard InChI is InChI=1S/C12H15BrO3/c1-6(5-10(14)15)11-8(3)9(13)4-7(2)12(11)16/h4,6,16H,5H2,1-3H3,(H,14,15). The number of carbonyl (C=O) groups is 1. The predicted octanol–water partition coefficient (Wildman–Crippen LogP) is 3.35. The number of phenols is 1. The van der Waals surface area contributed by atoms with Crippen LogP contribution in [0.25, 0.3) is 0 Å². The van der Waals surface area contributed by atoms with E-state index in [0.717, 1.165) is 15.6 Å². The van der Waals surface area contributed by atoms with Gasteiger partial charge in [-0.05, 0) is 37.0 Å². The predicted molar refractivity (Wildman–Crippen MR) is 65.9 cm³/mol. The van der Waals surface area contributed by atoms with Gasteiger partial charge in [-0.3, -0.25) is 4.79 Å². The van der Waals surface area contributed by atoms with Crippen LogP contribution in [0.1, 0.15) is 36.0 Å². The van der Waals surface area contributed by atoms with E-state index in [2.05, 4.69) is 15.9 Å². The molecule has 1 rings (SSSR count). The Morgan fingerprint density at radius 3 is 2.56 bits per heavy atom. The molecule has 0 aromatic heterocycles. The van der Waals surface area contributed by atoms with Crippen LogP contribution in [0.3, 0.4) is 0 Å². The number of rotatable bonds is 3. The molecule has 0 heterocycles. The first-order chi connectivity index (χ1) is 7.34. The number of aryl methyl sites for hydroxylation is 1. The van der Waals surface area contributed by atoms with Crippen LogP contribution in [-0.4, -0.2) is 16.2 Å². The van der Waals surface area contributed by atoms with Gasteiger partial charge in [-0.2, -0.15) is 0 Å². The molecule has 0 fully saturated rings. The van der Waals surface area contributed by atoms with Crippen molar-refractivity contribution in [1.82, 2.24) is 0 Å². The van der Waals surface area contributed by atoms with Crippen molar-refractivity contribution >= 4 is 21.9 Å². The van der Waals surface area contributed by atoms with E-state index in [9.17, 15) is 9.90 Å². The topological polar surface area (TPSA) is 57.5 Å². The molecule has 1 unspecified atom stereocenters. The summed E-state index contributed by atoms with van der Waals surface area (Å²) in [6.45, 7) is 5.48. The summed E-state index contributed by atoms with van der Waals surface area (Å²) in [5, 5.41) is 18.7. The Kier molecular flexibility index (Phi) is 3.97. The molecule has 1 aromatic carbocycles. The van der Waals surface area contributed by atoms with Crippen molar-refractivity contribution in [3.63, 3.8) is 0 Å². The highest BCUT2D eigenvalue weighted by molar-refractivity contribution is 9.10. The Balaban J connectivity index is 3.26. The fraction of sp³-hybridized carbons (Fsp3) is 0.417.